The Morgan fingerprint density at radius 2 is 2.15 bits per heavy atom. The van der Waals surface area contributed by atoms with Crippen molar-refractivity contribution in [2.75, 3.05) is 30.4 Å². The minimum Gasteiger partial charge on any atom is -0.373 e. The van der Waals surface area contributed by atoms with Crippen molar-refractivity contribution in [1.82, 2.24) is 9.97 Å². The minimum absolute atomic E-state index is 0.828. The SMILES string of the molecule is CNc1cc(N2CCC2)nc(C)n1. The van der Waals surface area contributed by atoms with Crippen LogP contribution < -0.4 is 10.2 Å². The fraction of sp³-hybridized carbons (Fsp3) is 0.556. The van der Waals surface area contributed by atoms with Crippen molar-refractivity contribution < 1.29 is 0 Å². The van der Waals surface area contributed by atoms with E-state index in [2.05, 4.69) is 20.2 Å². The van der Waals surface area contributed by atoms with Crippen LogP contribution >= 0.6 is 0 Å². The molecule has 1 aliphatic heterocycles. The molecule has 0 unspecified atom stereocenters. The third-order valence-corrected chi connectivity index (χ3v) is 2.26. The van der Waals surface area contributed by atoms with E-state index in [1.54, 1.807) is 0 Å². The van der Waals surface area contributed by atoms with Crippen molar-refractivity contribution >= 4 is 11.6 Å². The molecule has 0 radical (unpaired) electrons. The van der Waals surface area contributed by atoms with Crippen LogP contribution in [0.3, 0.4) is 0 Å². The number of anilines is 2. The Kier molecular flexibility index (Phi) is 2.04. The maximum Gasteiger partial charge on any atom is 0.134 e. The number of nitrogens with one attached hydrogen (secondary N) is 1. The monoisotopic (exact) mass is 178 g/mol. The smallest absolute Gasteiger partial charge is 0.134 e. The fourth-order valence-corrected chi connectivity index (χ4v) is 1.39. The van der Waals surface area contributed by atoms with Crippen molar-refractivity contribution in [3.8, 4) is 0 Å². The van der Waals surface area contributed by atoms with Crippen LogP contribution in [0, 0.1) is 6.92 Å². The highest BCUT2D eigenvalue weighted by atomic mass is 15.2. The first-order valence-electron chi connectivity index (χ1n) is 4.58. The van der Waals surface area contributed by atoms with E-state index in [0.717, 1.165) is 30.5 Å². The molecular weight excluding hydrogens is 164 g/mol. The number of aryl methyl sites for hydroxylation is 1. The zero-order chi connectivity index (χ0) is 9.26. The van der Waals surface area contributed by atoms with Gasteiger partial charge in [0.05, 0.1) is 0 Å². The maximum absolute atomic E-state index is 4.38. The van der Waals surface area contributed by atoms with E-state index < -0.39 is 0 Å². The van der Waals surface area contributed by atoms with E-state index in [-0.39, 0.29) is 0 Å². The van der Waals surface area contributed by atoms with Crippen LogP contribution in [-0.2, 0) is 0 Å². The predicted molar refractivity (Wildman–Crippen MR) is 53.1 cm³/mol. The topological polar surface area (TPSA) is 41.0 Å². The molecule has 1 aromatic heterocycles. The van der Waals surface area contributed by atoms with Crippen molar-refractivity contribution in [2.45, 2.75) is 13.3 Å². The highest BCUT2D eigenvalue weighted by Crippen LogP contribution is 2.20. The van der Waals surface area contributed by atoms with Crippen molar-refractivity contribution in [3.05, 3.63) is 11.9 Å². The quantitative estimate of drug-likeness (QED) is 0.734. The van der Waals surface area contributed by atoms with Gasteiger partial charge in [0.1, 0.15) is 17.5 Å². The van der Waals surface area contributed by atoms with Gasteiger partial charge in [0.2, 0.25) is 0 Å². The molecule has 1 aromatic rings. The summed E-state index contributed by atoms with van der Waals surface area (Å²) in [6, 6.07) is 1.99. The average molecular weight is 178 g/mol. The van der Waals surface area contributed by atoms with Crippen LogP contribution in [0.4, 0.5) is 11.6 Å². The summed E-state index contributed by atoms with van der Waals surface area (Å²) >= 11 is 0. The van der Waals surface area contributed by atoms with Gasteiger partial charge in [0.25, 0.3) is 0 Å². The van der Waals surface area contributed by atoms with Crippen LogP contribution in [0.1, 0.15) is 12.2 Å². The van der Waals surface area contributed by atoms with E-state index >= 15 is 0 Å². The van der Waals surface area contributed by atoms with Crippen LogP contribution in [-0.4, -0.2) is 30.1 Å². The van der Waals surface area contributed by atoms with Gasteiger partial charge >= 0.3 is 0 Å². The van der Waals surface area contributed by atoms with Gasteiger partial charge in [0.15, 0.2) is 0 Å². The Hall–Kier alpha value is -1.32. The molecule has 0 spiro atoms. The van der Waals surface area contributed by atoms with Gasteiger partial charge in [-0.05, 0) is 13.3 Å². The molecule has 4 heteroatoms. The van der Waals surface area contributed by atoms with E-state index in [4.69, 9.17) is 0 Å². The molecule has 13 heavy (non-hydrogen) atoms. The molecule has 0 aromatic carbocycles. The maximum atomic E-state index is 4.38. The molecule has 1 aliphatic rings. The number of nitrogens with zero attached hydrogens (tertiary/aromatic N) is 3. The summed E-state index contributed by atoms with van der Waals surface area (Å²) in [6.07, 6.45) is 1.28. The molecule has 0 amide bonds. The molecule has 0 bridgehead atoms. The van der Waals surface area contributed by atoms with Crippen LogP contribution in [0.2, 0.25) is 0 Å². The Morgan fingerprint density at radius 3 is 2.69 bits per heavy atom. The number of rotatable bonds is 2. The Labute approximate surface area is 78.0 Å². The van der Waals surface area contributed by atoms with E-state index in [1.165, 1.54) is 6.42 Å². The van der Waals surface area contributed by atoms with Gasteiger partial charge in [-0.3, -0.25) is 0 Å². The van der Waals surface area contributed by atoms with Gasteiger partial charge in [-0.15, -0.1) is 0 Å². The molecule has 2 rings (SSSR count). The van der Waals surface area contributed by atoms with Crippen molar-refractivity contribution in [2.24, 2.45) is 0 Å². The van der Waals surface area contributed by atoms with Gasteiger partial charge in [-0.1, -0.05) is 0 Å². The van der Waals surface area contributed by atoms with E-state index in [0.29, 0.717) is 0 Å². The normalized spacial score (nSPS) is 15.4. The minimum atomic E-state index is 0.828. The molecule has 4 nitrogen and oxygen atoms in total. The highest BCUT2D eigenvalue weighted by molar-refractivity contribution is 5.50. The second-order valence-electron chi connectivity index (χ2n) is 3.25. The summed E-state index contributed by atoms with van der Waals surface area (Å²) in [5.74, 6) is 2.77. The first-order chi connectivity index (χ1) is 6.29. The first-order valence-corrected chi connectivity index (χ1v) is 4.58. The van der Waals surface area contributed by atoms with Gasteiger partial charge in [-0.25, -0.2) is 9.97 Å². The van der Waals surface area contributed by atoms with Crippen molar-refractivity contribution in [1.29, 1.82) is 0 Å². The summed E-state index contributed by atoms with van der Waals surface area (Å²) < 4.78 is 0. The van der Waals surface area contributed by atoms with E-state index in [1.807, 2.05) is 20.0 Å². The standard InChI is InChI=1S/C9H14N4/c1-7-11-8(10-2)6-9(12-7)13-4-3-5-13/h6H,3-5H2,1-2H3,(H,10,11,12). The molecule has 0 saturated carbocycles. The Morgan fingerprint density at radius 1 is 1.38 bits per heavy atom. The van der Waals surface area contributed by atoms with Gasteiger partial charge in [-0.2, -0.15) is 0 Å². The average Bonchev–Trinajstić information content (AvgIpc) is 2.00. The first kappa shape index (κ1) is 8.29. The van der Waals surface area contributed by atoms with E-state index in [9.17, 15) is 0 Å². The zero-order valence-corrected chi connectivity index (χ0v) is 8.04. The van der Waals surface area contributed by atoms with Crippen LogP contribution in [0.25, 0.3) is 0 Å². The number of hydrogen-bond donors (Lipinski definition) is 1. The fourth-order valence-electron chi connectivity index (χ4n) is 1.39. The second kappa shape index (κ2) is 3.20. The van der Waals surface area contributed by atoms with Gasteiger partial charge in [0, 0.05) is 26.2 Å². The zero-order valence-electron chi connectivity index (χ0n) is 8.04. The summed E-state index contributed by atoms with van der Waals surface area (Å²) in [6.45, 7) is 4.17. The molecule has 0 aliphatic carbocycles. The lowest BCUT2D eigenvalue weighted by atomic mass is 10.2. The Bertz CT molecular complexity index is 306. The molecule has 0 atom stereocenters. The lowest BCUT2D eigenvalue weighted by Gasteiger charge is -2.32. The molecule has 70 valence electrons. The summed E-state index contributed by atoms with van der Waals surface area (Å²) in [7, 11) is 1.88. The molecular formula is C9H14N4. The summed E-state index contributed by atoms with van der Waals surface area (Å²) in [5.41, 5.74) is 0. The van der Waals surface area contributed by atoms with Crippen LogP contribution in [0.5, 0.6) is 0 Å². The highest BCUT2D eigenvalue weighted by Gasteiger charge is 2.16. The molecule has 2 heterocycles. The Balaban J connectivity index is 2.28. The third kappa shape index (κ3) is 1.56. The van der Waals surface area contributed by atoms with Gasteiger partial charge < -0.3 is 10.2 Å². The number of hydrogen-bond acceptors (Lipinski definition) is 4. The van der Waals surface area contributed by atoms with Crippen LogP contribution in [0.15, 0.2) is 6.07 Å². The number of aromatic nitrogens is 2. The molecule has 1 N–H and O–H groups in total. The predicted octanol–water partition coefficient (Wildman–Crippen LogP) is 1.04. The second-order valence-corrected chi connectivity index (χ2v) is 3.25. The molecule has 1 fully saturated rings. The largest absolute Gasteiger partial charge is 0.373 e. The van der Waals surface area contributed by atoms with Crippen molar-refractivity contribution in [3.63, 3.8) is 0 Å². The third-order valence-electron chi connectivity index (χ3n) is 2.26. The lowest BCUT2D eigenvalue weighted by molar-refractivity contribution is 0.608. The summed E-state index contributed by atoms with van der Waals surface area (Å²) in [5, 5.41) is 3.03. The molecule has 1 saturated heterocycles. The lowest BCUT2D eigenvalue weighted by Crippen LogP contribution is -2.37. The summed E-state index contributed by atoms with van der Waals surface area (Å²) in [4.78, 5) is 10.9.